The second-order valence-corrected chi connectivity index (χ2v) is 7.08. The fourth-order valence-electron chi connectivity index (χ4n) is 3.40. The predicted molar refractivity (Wildman–Crippen MR) is 107 cm³/mol. The zero-order chi connectivity index (χ0) is 21.0. The van der Waals surface area contributed by atoms with Gasteiger partial charge in [0.05, 0.1) is 6.10 Å². The molecule has 1 aromatic carbocycles. The number of aliphatic hydroxyl groups excluding tert-OH is 1. The Morgan fingerprint density at radius 2 is 2.03 bits per heavy atom. The number of carbonyl (C=O) groups is 3. The van der Waals surface area contributed by atoms with Gasteiger partial charge in [0.1, 0.15) is 11.5 Å². The highest BCUT2D eigenvalue weighted by atomic mass is 16.3. The fraction of sp³-hybridized carbons (Fsp3) is 0.381. The topological polar surface area (TPSA) is 112 Å². The summed E-state index contributed by atoms with van der Waals surface area (Å²) < 4.78 is 5.38. The van der Waals surface area contributed by atoms with E-state index in [-0.39, 0.29) is 18.9 Å². The van der Waals surface area contributed by atoms with E-state index in [4.69, 9.17) is 4.42 Å². The van der Waals surface area contributed by atoms with Crippen molar-refractivity contribution in [2.24, 2.45) is 0 Å². The smallest absolute Gasteiger partial charge is 0.313 e. The number of nitrogens with zero attached hydrogens (tertiary/aromatic N) is 1. The summed E-state index contributed by atoms with van der Waals surface area (Å²) in [6.07, 6.45) is 0.793. The van der Waals surface area contributed by atoms with E-state index in [1.807, 2.05) is 0 Å². The molecule has 1 aliphatic rings. The molecule has 0 aliphatic carbocycles. The summed E-state index contributed by atoms with van der Waals surface area (Å²) in [5, 5.41) is 15.2. The minimum absolute atomic E-state index is 0.0489. The summed E-state index contributed by atoms with van der Waals surface area (Å²) in [5.41, 5.74) is 1.81. The first kappa shape index (κ1) is 20.6. The third-order valence-electron chi connectivity index (χ3n) is 4.84. The van der Waals surface area contributed by atoms with Crippen molar-refractivity contribution in [1.29, 1.82) is 0 Å². The lowest BCUT2D eigenvalue weighted by atomic mass is 10.1. The molecule has 1 atom stereocenters. The average Bonchev–Trinajstić information content (AvgIpc) is 3.26. The van der Waals surface area contributed by atoms with E-state index in [0.717, 1.165) is 6.42 Å². The van der Waals surface area contributed by atoms with Crippen LogP contribution in [0.4, 0.5) is 11.4 Å². The Morgan fingerprint density at radius 3 is 2.69 bits per heavy atom. The van der Waals surface area contributed by atoms with Crippen LogP contribution in [0.3, 0.4) is 0 Å². The highest BCUT2D eigenvalue weighted by Gasteiger charge is 2.22. The molecule has 0 radical (unpaired) electrons. The van der Waals surface area contributed by atoms with Crippen LogP contribution in [0.15, 0.2) is 34.7 Å². The van der Waals surface area contributed by atoms with E-state index in [0.29, 0.717) is 41.4 Å². The van der Waals surface area contributed by atoms with Crippen LogP contribution in [-0.4, -0.2) is 35.9 Å². The molecule has 1 saturated heterocycles. The summed E-state index contributed by atoms with van der Waals surface area (Å²) in [4.78, 5) is 37.7. The van der Waals surface area contributed by atoms with Gasteiger partial charge in [-0.25, -0.2) is 0 Å². The van der Waals surface area contributed by atoms with Gasteiger partial charge < -0.3 is 25.1 Å². The van der Waals surface area contributed by atoms with E-state index >= 15 is 0 Å². The first-order valence-corrected chi connectivity index (χ1v) is 9.60. The monoisotopic (exact) mass is 399 g/mol. The van der Waals surface area contributed by atoms with Gasteiger partial charge in [0, 0.05) is 36.4 Å². The van der Waals surface area contributed by atoms with Crippen molar-refractivity contribution in [3.8, 4) is 0 Å². The van der Waals surface area contributed by atoms with Crippen LogP contribution >= 0.6 is 0 Å². The lowest BCUT2D eigenvalue weighted by Gasteiger charge is -2.16. The van der Waals surface area contributed by atoms with Crippen LogP contribution in [0.1, 0.15) is 42.5 Å². The van der Waals surface area contributed by atoms with Crippen LogP contribution in [0, 0.1) is 13.8 Å². The Hall–Kier alpha value is -3.13. The van der Waals surface area contributed by atoms with Gasteiger partial charge in [-0.15, -0.1) is 0 Å². The van der Waals surface area contributed by atoms with Crippen molar-refractivity contribution in [1.82, 2.24) is 5.32 Å². The summed E-state index contributed by atoms with van der Waals surface area (Å²) >= 11 is 0. The van der Waals surface area contributed by atoms with E-state index in [2.05, 4.69) is 10.6 Å². The maximum absolute atomic E-state index is 12.1. The van der Waals surface area contributed by atoms with Crippen molar-refractivity contribution < 1.29 is 23.9 Å². The van der Waals surface area contributed by atoms with Gasteiger partial charge in [-0.05, 0) is 51.0 Å². The maximum atomic E-state index is 12.1. The molecule has 2 heterocycles. The standard InChI is InChI=1S/C21H25N3O5/c1-13-11-17(14(2)29-13)18(25)8-9-22-20(27)21(28)23-15-5-3-6-16(12-15)24-10-4-7-19(24)26/h3,5-6,11-12,18,25H,4,7-10H2,1-2H3,(H,22,27)(H,23,28)/t18-/m1/s1. The molecule has 2 aromatic rings. The molecule has 0 spiro atoms. The molecule has 3 rings (SSSR count). The minimum Gasteiger partial charge on any atom is -0.466 e. The molecule has 1 aliphatic heterocycles. The minimum atomic E-state index is -0.806. The van der Waals surface area contributed by atoms with Crippen molar-refractivity contribution in [2.45, 2.75) is 39.2 Å². The van der Waals surface area contributed by atoms with Crippen LogP contribution in [0.2, 0.25) is 0 Å². The molecule has 0 saturated carbocycles. The number of aryl methyl sites for hydroxylation is 2. The molecule has 1 aromatic heterocycles. The largest absolute Gasteiger partial charge is 0.466 e. The highest BCUT2D eigenvalue weighted by Crippen LogP contribution is 2.25. The summed E-state index contributed by atoms with van der Waals surface area (Å²) in [7, 11) is 0. The summed E-state index contributed by atoms with van der Waals surface area (Å²) in [6.45, 7) is 4.35. The van der Waals surface area contributed by atoms with Crippen LogP contribution in [0.25, 0.3) is 0 Å². The van der Waals surface area contributed by atoms with Crippen molar-refractivity contribution in [3.63, 3.8) is 0 Å². The molecule has 3 N–H and O–H groups in total. The van der Waals surface area contributed by atoms with Crippen molar-refractivity contribution in [3.05, 3.63) is 47.4 Å². The van der Waals surface area contributed by atoms with E-state index < -0.39 is 17.9 Å². The summed E-state index contributed by atoms with van der Waals surface area (Å²) in [6, 6.07) is 8.59. The number of furan rings is 1. The number of amides is 3. The maximum Gasteiger partial charge on any atom is 0.313 e. The average molecular weight is 399 g/mol. The predicted octanol–water partition coefficient (Wildman–Crippen LogP) is 2.20. The first-order valence-electron chi connectivity index (χ1n) is 9.60. The third-order valence-corrected chi connectivity index (χ3v) is 4.84. The van der Waals surface area contributed by atoms with Gasteiger partial charge >= 0.3 is 11.8 Å². The van der Waals surface area contributed by atoms with Gasteiger partial charge in [-0.3, -0.25) is 14.4 Å². The SMILES string of the molecule is Cc1cc([C@H](O)CCNC(=O)C(=O)Nc2cccc(N3CCCC3=O)c2)c(C)o1. The molecule has 8 heteroatoms. The van der Waals surface area contributed by atoms with Gasteiger partial charge in [0.2, 0.25) is 5.91 Å². The van der Waals surface area contributed by atoms with Crippen molar-refractivity contribution in [2.75, 3.05) is 23.3 Å². The molecular weight excluding hydrogens is 374 g/mol. The number of nitrogens with one attached hydrogen (secondary N) is 2. The zero-order valence-corrected chi connectivity index (χ0v) is 16.5. The number of benzene rings is 1. The van der Waals surface area contributed by atoms with Crippen LogP contribution in [0.5, 0.6) is 0 Å². The second-order valence-electron chi connectivity index (χ2n) is 7.08. The number of hydrogen-bond donors (Lipinski definition) is 3. The third kappa shape index (κ3) is 5.03. The molecular formula is C21H25N3O5. The molecule has 8 nitrogen and oxygen atoms in total. The van der Waals surface area contributed by atoms with E-state index in [1.54, 1.807) is 49.1 Å². The Bertz CT molecular complexity index is 921. The quantitative estimate of drug-likeness (QED) is 0.645. The van der Waals surface area contributed by atoms with Gasteiger partial charge in [0.15, 0.2) is 0 Å². The highest BCUT2D eigenvalue weighted by molar-refractivity contribution is 6.39. The Morgan fingerprint density at radius 1 is 1.24 bits per heavy atom. The van der Waals surface area contributed by atoms with Crippen LogP contribution < -0.4 is 15.5 Å². The number of anilines is 2. The van der Waals surface area contributed by atoms with Crippen molar-refractivity contribution >= 4 is 29.1 Å². The van der Waals surface area contributed by atoms with Gasteiger partial charge in [0.25, 0.3) is 0 Å². The van der Waals surface area contributed by atoms with E-state index in [9.17, 15) is 19.5 Å². The summed E-state index contributed by atoms with van der Waals surface area (Å²) in [5.74, 6) is -0.208. The van der Waals surface area contributed by atoms with E-state index in [1.165, 1.54) is 0 Å². The Labute approximate surface area is 168 Å². The zero-order valence-electron chi connectivity index (χ0n) is 16.5. The second kappa shape index (κ2) is 8.91. The normalized spacial score (nSPS) is 14.7. The Balaban J connectivity index is 1.50. The Kier molecular flexibility index (Phi) is 6.33. The van der Waals surface area contributed by atoms with Gasteiger partial charge in [-0.1, -0.05) is 6.07 Å². The lowest BCUT2D eigenvalue weighted by molar-refractivity contribution is -0.136. The molecule has 3 amide bonds. The number of aliphatic hydroxyl groups is 1. The molecule has 0 bridgehead atoms. The van der Waals surface area contributed by atoms with Gasteiger partial charge in [-0.2, -0.15) is 0 Å². The van der Waals surface area contributed by atoms with Crippen LogP contribution in [-0.2, 0) is 14.4 Å². The number of hydrogen-bond acceptors (Lipinski definition) is 5. The molecule has 0 unspecified atom stereocenters. The first-order chi connectivity index (χ1) is 13.8. The number of rotatable bonds is 6. The lowest BCUT2D eigenvalue weighted by Crippen LogP contribution is -2.36. The molecule has 1 fully saturated rings. The molecule has 154 valence electrons. The fourth-order valence-corrected chi connectivity index (χ4v) is 3.40. The number of carbonyl (C=O) groups excluding carboxylic acids is 3. The molecule has 29 heavy (non-hydrogen) atoms.